The highest BCUT2D eigenvalue weighted by molar-refractivity contribution is 5.70. The van der Waals surface area contributed by atoms with E-state index in [4.69, 9.17) is 10.00 Å². The summed E-state index contributed by atoms with van der Waals surface area (Å²) in [6, 6.07) is 9.18. The number of hydrogen-bond acceptors (Lipinski definition) is 6. The van der Waals surface area contributed by atoms with Gasteiger partial charge in [0.25, 0.3) is 0 Å². The molecule has 0 saturated heterocycles. The Kier molecular flexibility index (Phi) is 4.20. The van der Waals surface area contributed by atoms with E-state index >= 15 is 0 Å². The van der Waals surface area contributed by atoms with Gasteiger partial charge in [-0.05, 0) is 37.1 Å². The van der Waals surface area contributed by atoms with E-state index in [1.807, 2.05) is 12.1 Å². The van der Waals surface area contributed by atoms with Crippen molar-refractivity contribution in [2.24, 2.45) is 0 Å². The molecule has 1 heterocycles. The fourth-order valence-corrected chi connectivity index (χ4v) is 2.61. The lowest BCUT2D eigenvalue weighted by atomic mass is 10.2. The Bertz CT molecular complexity index is 765. The minimum absolute atomic E-state index is 0.226. The third kappa shape index (κ3) is 3.14. The van der Waals surface area contributed by atoms with Crippen molar-refractivity contribution >= 4 is 17.5 Å². The number of benzene rings is 1. The van der Waals surface area contributed by atoms with Crippen LogP contribution in [0.1, 0.15) is 42.7 Å². The predicted octanol–water partition coefficient (Wildman–Crippen LogP) is 3.03. The van der Waals surface area contributed by atoms with Crippen LogP contribution >= 0.6 is 0 Å². The Morgan fingerprint density at radius 2 is 2.17 bits per heavy atom. The average molecular weight is 308 g/mol. The van der Waals surface area contributed by atoms with Crippen LogP contribution in [-0.4, -0.2) is 15.9 Å². The maximum absolute atomic E-state index is 11.6. The molecular weight excluding hydrogens is 292 g/mol. The van der Waals surface area contributed by atoms with Crippen LogP contribution in [0.3, 0.4) is 0 Å². The summed E-state index contributed by atoms with van der Waals surface area (Å²) >= 11 is 0. The fraction of sp³-hybridized carbons (Fsp3) is 0.294. The molecule has 1 aliphatic carbocycles. The first-order valence-electron chi connectivity index (χ1n) is 7.51. The number of hydrogen-bond donors (Lipinski definition) is 1. The third-order valence-corrected chi connectivity index (χ3v) is 3.77. The average Bonchev–Trinajstić information content (AvgIpc) is 2.99. The molecule has 1 aliphatic rings. The first-order chi connectivity index (χ1) is 11.2. The molecule has 0 bridgehead atoms. The molecule has 2 aromatic rings. The minimum Gasteiger partial charge on any atom is -0.457 e. The predicted molar refractivity (Wildman–Crippen MR) is 83.9 cm³/mol. The summed E-state index contributed by atoms with van der Waals surface area (Å²) in [6.45, 7) is 1.77. The maximum atomic E-state index is 11.6. The second kappa shape index (κ2) is 6.44. The van der Waals surface area contributed by atoms with Crippen molar-refractivity contribution in [1.82, 2.24) is 9.97 Å². The number of aryl methyl sites for hydroxylation is 1. The number of carbonyl (C=O) groups is 1. The summed E-state index contributed by atoms with van der Waals surface area (Å²) in [5.74, 6) is 0.419. The van der Waals surface area contributed by atoms with Crippen LogP contribution in [0.5, 0.6) is 0 Å². The number of carbonyl (C=O) groups excluding carboxylic acids is 1. The van der Waals surface area contributed by atoms with Crippen LogP contribution in [0, 0.1) is 11.3 Å². The van der Waals surface area contributed by atoms with Gasteiger partial charge >= 0.3 is 5.97 Å². The number of nitrogens with one attached hydrogen (secondary N) is 1. The van der Waals surface area contributed by atoms with Gasteiger partial charge in [0.1, 0.15) is 18.2 Å². The topological polar surface area (TPSA) is 87.9 Å². The van der Waals surface area contributed by atoms with Crippen molar-refractivity contribution in [2.45, 2.75) is 32.3 Å². The Morgan fingerprint density at radius 1 is 1.39 bits per heavy atom. The van der Waals surface area contributed by atoms with Crippen LogP contribution in [0.25, 0.3) is 0 Å². The zero-order valence-electron chi connectivity index (χ0n) is 12.7. The van der Waals surface area contributed by atoms with Gasteiger partial charge in [0.2, 0.25) is 0 Å². The van der Waals surface area contributed by atoms with Gasteiger partial charge < -0.3 is 10.1 Å². The smallest absolute Gasteiger partial charge is 0.306 e. The van der Waals surface area contributed by atoms with Crippen LogP contribution in [0.15, 0.2) is 30.6 Å². The summed E-state index contributed by atoms with van der Waals surface area (Å²) in [4.78, 5) is 20.2. The largest absolute Gasteiger partial charge is 0.457 e. The molecule has 116 valence electrons. The van der Waals surface area contributed by atoms with Crippen LogP contribution < -0.4 is 5.32 Å². The second-order valence-corrected chi connectivity index (χ2v) is 5.27. The number of fused-ring (bicyclic) bond motifs is 1. The zero-order chi connectivity index (χ0) is 16.2. The molecule has 0 radical (unpaired) electrons. The quantitative estimate of drug-likeness (QED) is 0.873. The molecule has 1 aromatic carbocycles. The van der Waals surface area contributed by atoms with Gasteiger partial charge in [0.15, 0.2) is 0 Å². The van der Waals surface area contributed by atoms with E-state index in [0.29, 0.717) is 17.8 Å². The fourth-order valence-electron chi connectivity index (χ4n) is 2.61. The van der Waals surface area contributed by atoms with Crippen molar-refractivity contribution < 1.29 is 9.53 Å². The van der Waals surface area contributed by atoms with E-state index in [-0.39, 0.29) is 12.1 Å². The van der Waals surface area contributed by atoms with Crippen molar-refractivity contribution in [2.75, 3.05) is 5.32 Å². The van der Waals surface area contributed by atoms with Gasteiger partial charge in [-0.1, -0.05) is 6.92 Å². The van der Waals surface area contributed by atoms with Gasteiger partial charge in [-0.3, -0.25) is 4.79 Å². The lowest BCUT2D eigenvalue weighted by Gasteiger charge is -2.16. The van der Waals surface area contributed by atoms with Crippen molar-refractivity contribution in [3.05, 3.63) is 47.4 Å². The van der Waals surface area contributed by atoms with Crippen LogP contribution in [-0.2, 0) is 16.0 Å². The van der Waals surface area contributed by atoms with Crippen LogP contribution in [0.4, 0.5) is 11.5 Å². The third-order valence-electron chi connectivity index (χ3n) is 3.77. The lowest BCUT2D eigenvalue weighted by molar-refractivity contribution is -0.148. The molecule has 6 nitrogen and oxygen atoms in total. The maximum Gasteiger partial charge on any atom is 0.306 e. The molecular formula is C17H16N4O2. The van der Waals surface area contributed by atoms with Crippen molar-refractivity contribution in [3.8, 4) is 6.07 Å². The zero-order valence-corrected chi connectivity index (χ0v) is 12.7. The summed E-state index contributed by atoms with van der Waals surface area (Å²) in [7, 11) is 0. The summed E-state index contributed by atoms with van der Waals surface area (Å²) < 4.78 is 5.50. The van der Waals surface area contributed by atoms with E-state index in [2.05, 4.69) is 21.4 Å². The molecule has 0 spiro atoms. The van der Waals surface area contributed by atoms with Gasteiger partial charge in [-0.2, -0.15) is 5.26 Å². The molecule has 0 fully saturated rings. The normalized spacial score (nSPS) is 15.6. The SMILES string of the molecule is CCC(=O)OC1CCc2ncnc(Nc3ccc(C#N)cc3)c21. The number of nitriles is 1. The molecule has 1 aromatic heterocycles. The highest BCUT2D eigenvalue weighted by Gasteiger charge is 2.30. The number of anilines is 2. The highest BCUT2D eigenvalue weighted by atomic mass is 16.5. The molecule has 0 amide bonds. The first kappa shape index (κ1) is 15.0. The van der Waals surface area contributed by atoms with E-state index in [1.54, 1.807) is 19.1 Å². The molecule has 0 saturated carbocycles. The van der Waals surface area contributed by atoms with E-state index in [9.17, 15) is 4.79 Å². The summed E-state index contributed by atoms with van der Waals surface area (Å²) in [6.07, 6.45) is 3.04. The monoisotopic (exact) mass is 308 g/mol. The van der Waals surface area contributed by atoms with E-state index in [1.165, 1.54) is 6.33 Å². The standard InChI is InChI=1S/C17H16N4O2/c1-2-15(22)23-14-8-7-13-16(14)17(20-10-19-13)21-12-5-3-11(9-18)4-6-12/h3-6,10,14H,2,7-8H2,1H3,(H,19,20,21). The summed E-state index contributed by atoms with van der Waals surface area (Å²) in [5, 5.41) is 12.1. The number of nitrogens with zero attached hydrogens (tertiary/aromatic N) is 3. The highest BCUT2D eigenvalue weighted by Crippen LogP contribution is 2.37. The van der Waals surface area contributed by atoms with Crippen molar-refractivity contribution in [3.63, 3.8) is 0 Å². The number of rotatable bonds is 4. The number of aromatic nitrogens is 2. The molecule has 1 unspecified atom stereocenters. The first-order valence-corrected chi connectivity index (χ1v) is 7.51. The Balaban J connectivity index is 1.87. The van der Waals surface area contributed by atoms with Crippen molar-refractivity contribution in [1.29, 1.82) is 5.26 Å². The minimum atomic E-state index is -0.306. The molecule has 23 heavy (non-hydrogen) atoms. The molecule has 0 aliphatic heterocycles. The molecule has 6 heteroatoms. The lowest BCUT2D eigenvalue weighted by Crippen LogP contribution is -2.10. The Labute approximate surface area is 134 Å². The Hall–Kier alpha value is -2.94. The van der Waals surface area contributed by atoms with Crippen LogP contribution in [0.2, 0.25) is 0 Å². The second-order valence-electron chi connectivity index (χ2n) is 5.27. The number of esters is 1. The van der Waals surface area contributed by atoms with Gasteiger partial charge in [-0.25, -0.2) is 9.97 Å². The van der Waals surface area contributed by atoms with Gasteiger partial charge in [-0.15, -0.1) is 0 Å². The molecule has 1 atom stereocenters. The molecule has 1 N–H and O–H groups in total. The summed E-state index contributed by atoms with van der Waals surface area (Å²) in [5.41, 5.74) is 3.17. The van der Waals surface area contributed by atoms with E-state index in [0.717, 1.165) is 29.8 Å². The van der Waals surface area contributed by atoms with Gasteiger partial charge in [0.05, 0.1) is 22.9 Å². The van der Waals surface area contributed by atoms with E-state index < -0.39 is 0 Å². The Morgan fingerprint density at radius 3 is 2.87 bits per heavy atom. The molecule has 3 rings (SSSR count). The van der Waals surface area contributed by atoms with Gasteiger partial charge in [0, 0.05) is 12.1 Å². The number of ether oxygens (including phenoxy) is 1.